The predicted molar refractivity (Wildman–Crippen MR) is 87.5 cm³/mol. The van der Waals surface area contributed by atoms with Gasteiger partial charge in [-0.25, -0.2) is 0 Å². The average molecular weight is 330 g/mol. The molecule has 1 atom stereocenters. The van der Waals surface area contributed by atoms with Crippen LogP contribution in [0.2, 0.25) is 8.67 Å². The summed E-state index contributed by atoms with van der Waals surface area (Å²) >= 11 is 13.5. The summed E-state index contributed by atoms with van der Waals surface area (Å²) in [7, 11) is 1.70. The van der Waals surface area contributed by atoms with E-state index in [-0.39, 0.29) is 6.04 Å². The van der Waals surface area contributed by atoms with Crippen molar-refractivity contribution in [3.8, 4) is 5.75 Å². The third-order valence-corrected chi connectivity index (χ3v) is 4.70. The molecule has 0 radical (unpaired) electrons. The highest BCUT2D eigenvalue weighted by molar-refractivity contribution is 7.20. The smallest absolute Gasteiger partial charge is 0.122 e. The zero-order valence-corrected chi connectivity index (χ0v) is 13.8. The molecule has 0 bridgehead atoms. The van der Waals surface area contributed by atoms with Crippen molar-refractivity contribution >= 4 is 34.5 Å². The Morgan fingerprint density at radius 1 is 1.30 bits per heavy atom. The Bertz CT molecular complexity index is 571. The van der Waals surface area contributed by atoms with Gasteiger partial charge in [-0.1, -0.05) is 41.4 Å². The third-order valence-electron chi connectivity index (χ3n) is 3.19. The SMILES string of the molecule is COc1ccccc1CCNC(C)c1cc(Cl)sc1Cl. The van der Waals surface area contributed by atoms with Gasteiger partial charge in [-0.2, -0.15) is 0 Å². The standard InChI is InChI=1S/C15H17Cl2NOS/c1-10(12-9-14(16)20-15(12)17)18-8-7-11-5-3-4-6-13(11)19-2/h3-6,9-10,18H,7-8H2,1-2H3. The van der Waals surface area contributed by atoms with Gasteiger partial charge in [0.15, 0.2) is 0 Å². The van der Waals surface area contributed by atoms with Crippen molar-refractivity contribution < 1.29 is 4.74 Å². The highest BCUT2D eigenvalue weighted by Gasteiger charge is 2.13. The van der Waals surface area contributed by atoms with Gasteiger partial charge < -0.3 is 10.1 Å². The minimum Gasteiger partial charge on any atom is -0.496 e. The molecule has 0 saturated heterocycles. The van der Waals surface area contributed by atoms with Gasteiger partial charge in [0.25, 0.3) is 0 Å². The molecule has 2 aromatic rings. The molecule has 0 amide bonds. The summed E-state index contributed by atoms with van der Waals surface area (Å²) in [6, 6.07) is 10.2. The Hall–Kier alpha value is -0.740. The maximum atomic E-state index is 6.16. The maximum absolute atomic E-state index is 6.16. The monoisotopic (exact) mass is 329 g/mol. The number of rotatable bonds is 6. The molecule has 1 aromatic heterocycles. The molecule has 0 aliphatic rings. The van der Waals surface area contributed by atoms with E-state index >= 15 is 0 Å². The van der Waals surface area contributed by atoms with Crippen LogP contribution in [0.4, 0.5) is 0 Å². The van der Waals surface area contributed by atoms with Crippen molar-refractivity contribution in [1.29, 1.82) is 0 Å². The number of hydrogen-bond acceptors (Lipinski definition) is 3. The van der Waals surface area contributed by atoms with E-state index in [9.17, 15) is 0 Å². The normalized spacial score (nSPS) is 12.4. The first-order valence-corrected chi connectivity index (χ1v) is 7.99. The Kier molecular flexibility index (Phi) is 5.73. The summed E-state index contributed by atoms with van der Waals surface area (Å²) in [5.41, 5.74) is 2.26. The van der Waals surface area contributed by atoms with Gasteiger partial charge in [0.1, 0.15) is 5.75 Å². The Labute approximate surface area is 133 Å². The second-order valence-corrected chi connectivity index (χ2v) is 6.80. The van der Waals surface area contributed by atoms with Crippen molar-refractivity contribution in [3.05, 3.63) is 50.1 Å². The molecule has 1 aromatic carbocycles. The number of thiophene rings is 1. The fraction of sp³-hybridized carbons (Fsp3) is 0.333. The van der Waals surface area contributed by atoms with Crippen LogP contribution in [0.3, 0.4) is 0 Å². The summed E-state index contributed by atoms with van der Waals surface area (Å²) in [5, 5.41) is 3.46. The van der Waals surface area contributed by atoms with Crippen LogP contribution in [0.1, 0.15) is 24.1 Å². The van der Waals surface area contributed by atoms with Crippen LogP contribution in [0.5, 0.6) is 5.75 Å². The van der Waals surface area contributed by atoms with Gasteiger partial charge in [0, 0.05) is 6.04 Å². The minimum atomic E-state index is 0.181. The first kappa shape index (κ1) is 15.6. The number of benzene rings is 1. The highest BCUT2D eigenvalue weighted by Crippen LogP contribution is 2.34. The number of hydrogen-bond donors (Lipinski definition) is 1. The van der Waals surface area contributed by atoms with E-state index in [4.69, 9.17) is 27.9 Å². The molecular weight excluding hydrogens is 313 g/mol. The van der Waals surface area contributed by atoms with Crippen LogP contribution in [0.15, 0.2) is 30.3 Å². The van der Waals surface area contributed by atoms with Crippen LogP contribution in [0, 0.1) is 0 Å². The van der Waals surface area contributed by atoms with Gasteiger partial charge in [-0.05, 0) is 43.1 Å². The lowest BCUT2D eigenvalue weighted by Gasteiger charge is -2.14. The van der Waals surface area contributed by atoms with Gasteiger partial charge in [-0.3, -0.25) is 0 Å². The number of methoxy groups -OCH3 is 1. The summed E-state index contributed by atoms with van der Waals surface area (Å²) in [6.45, 7) is 2.94. The first-order valence-electron chi connectivity index (χ1n) is 6.42. The first-order chi connectivity index (χ1) is 9.61. The molecule has 0 aliphatic heterocycles. The molecule has 0 fully saturated rings. The summed E-state index contributed by atoms with van der Waals surface area (Å²) < 4.78 is 6.83. The second kappa shape index (κ2) is 7.32. The Balaban J connectivity index is 1.91. The third kappa shape index (κ3) is 3.89. The van der Waals surface area contributed by atoms with E-state index in [1.165, 1.54) is 16.9 Å². The van der Waals surface area contributed by atoms with Gasteiger partial charge >= 0.3 is 0 Å². The molecule has 1 N–H and O–H groups in total. The Morgan fingerprint density at radius 3 is 2.70 bits per heavy atom. The zero-order chi connectivity index (χ0) is 14.5. The molecule has 0 saturated carbocycles. The predicted octanol–water partition coefficient (Wildman–Crippen LogP) is 4.96. The molecular formula is C15H17Cl2NOS. The average Bonchev–Trinajstić information content (AvgIpc) is 2.78. The lowest BCUT2D eigenvalue weighted by molar-refractivity contribution is 0.408. The molecule has 20 heavy (non-hydrogen) atoms. The van der Waals surface area contributed by atoms with Gasteiger partial charge in [-0.15, -0.1) is 11.3 Å². The zero-order valence-electron chi connectivity index (χ0n) is 11.5. The largest absolute Gasteiger partial charge is 0.496 e. The number of ether oxygens (including phenoxy) is 1. The van der Waals surface area contributed by atoms with Crippen molar-refractivity contribution in [2.24, 2.45) is 0 Å². The van der Waals surface area contributed by atoms with Crippen molar-refractivity contribution in [1.82, 2.24) is 5.32 Å². The van der Waals surface area contributed by atoms with Crippen LogP contribution in [-0.2, 0) is 6.42 Å². The molecule has 0 aliphatic carbocycles. The van der Waals surface area contributed by atoms with Crippen molar-refractivity contribution in [3.63, 3.8) is 0 Å². The van der Waals surface area contributed by atoms with Crippen LogP contribution < -0.4 is 10.1 Å². The second-order valence-electron chi connectivity index (χ2n) is 4.52. The van der Waals surface area contributed by atoms with E-state index < -0.39 is 0 Å². The number of halogens is 2. The van der Waals surface area contributed by atoms with Gasteiger partial charge in [0.05, 0.1) is 15.8 Å². The van der Waals surface area contributed by atoms with E-state index in [0.29, 0.717) is 0 Å². The van der Waals surface area contributed by atoms with Gasteiger partial charge in [0.2, 0.25) is 0 Å². The molecule has 0 spiro atoms. The lowest BCUT2D eigenvalue weighted by atomic mass is 10.1. The van der Waals surface area contributed by atoms with E-state index in [1.807, 2.05) is 24.3 Å². The fourth-order valence-corrected chi connectivity index (χ4v) is 3.74. The molecule has 1 unspecified atom stereocenters. The Morgan fingerprint density at radius 2 is 2.05 bits per heavy atom. The maximum Gasteiger partial charge on any atom is 0.122 e. The summed E-state index contributed by atoms with van der Waals surface area (Å²) in [6.07, 6.45) is 0.907. The minimum absolute atomic E-state index is 0.181. The van der Waals surface area contributed by atoms with E-state index in [2.05, 4.69) is 18.3 Å². The quantitative estimate of drug-likeness (QED) is 0.808. The number of nitrogens with one attached hydrogen (secondary N) is 1. The lowest BCUT2D eigenvalue weighted by Crippen LogP contribution is -2.21. The number of para-hydroxylation sites is 1. The molecule has 2 nitrogen and oxygen atoms in total. The summed E-state index contributed by atoms with van der Waals surface area (Å²) in [5.74, 6) is 0.929. The summed E-state index contributed by atoms with van der Waals surface area (Å²) in [4.78, 5) is 0. The molecule has 108 valence electrons. The molecule has 1 heterocycles. The van der Waals surface area contributed by atoms with Crippen LogP contribution in [-0.4, -0.2) is 13.7 Å². The topological polar surface area (TPSA) is 21.3 Å². The fourth-order valence-electron chi connectivity index (χ4n) is 2.09. The van der Waals surface area contributed by atoms with Crippen molar-refractivity contribution in [2.45, 2.75) is 19.4 Å². The van der Waals surface area contributed by atoms with Crippen LogP contribution in [0.25, 0.3) is 0 Å². The van der Waals surface area contributed by atoms with Crippen molar-refractivity contribution in [2.75, 3.05) is 13.7 Å². The van der Waals surface area contributed by atoms with E-state index in [0.717, 1.165) is 33.0 Å². The van der Waals surface area contributed by atoms with Crippen LogP contribution >= 0.6 is 34.5 Å². The molecule has 5 heteroatoms. The molecule has 2 rings (SSSR count). The van der Waals surface area contributed by atoms with E-state index in [1.54, 1.807) is 7.11 Å². The highest BCUT2D eigenvalue weighted by atomic mass is 35.5.